The summed E-state index contributed by atoms with van der Waals surface area (Å²) in [5.41, 5.74) is 5.90. The normalized spacial score (nSPS) is 13.9. The Hall–Kier alpha value is -3.77. The van der Waals surface area contributed by atoms with Gasteiger partial charge in [0.25, 0.3) is 5.91 Å². The molecule has 3 aromatic rings. The van der Waals surface area contributed by atoms with E-state index >= 15 is 0 Å². The van der Waals surface area contributed by atoms with E-state index < -0.39 is 0 Å². The lowest BCUT2D eigenvalue weighted by atomic mass is 9.99. The number of carbonyl (C=O) groups excluding carboxylic acids is 1. The monoisotopic (exact) mass is 485 g/mol. The van der Waals surface area contributed by atoms with Gasteiger partial charge in [0, 0.05) is 23.9 Å². The summed E-state index contributed by atoms with van der Waals surface area (Å²) in [6.45, 7) is 7.57. The lowest BCUT2D eigenvalue weighted by molar-refractivity contribution is -0.110. The van der Waals surface area contributed by atoms with Crippen LogP contribution in [0.15, 0.2) is 66.7 Å². The summed E-state index contributed by atoms with van der Waals surface area (Å²) in [4.78, 5) is 15.7. The number of ether oxygens (including phenoxy) is 2. The molecule has 1 amide bonds. The Kier molecular flexibility index (Phi) is 8.28. The largest absolute Gasteiger partial charge is 0.493 e. The lowest BCUT2D eigenvalue weighted by Crippen LogP contribution is -2.24. The highest BCUT2D eigenvalue weighted by molar-refractivity contribution is 6.37. The first kappa shape index (κ1) is 25.3. The molecule has 188 valence electrons. The van der Waals surface area contributed by atoms with Crippen molar-refractivity contribution in [2.75, 3.05) is 37.9 Å². The second-order valence-corrected chi connectivity index (χ2v) is 8.92. The summed E-state index contributed by atoms with van der Waals surface area (Å²) in [6, 6.07) is 22.0. The molecule has 0 unspecified atom stereocenters. The molecule has 1 aliphatic heterocycles. The van der Waals surface area contributed by atoms with Gasteiger partial charge in [-0.1, -0.05) is 56.3 Å². The van der Waals surface area contributed by atoms with Gasteiger partial charge in [-0.25, -0.2) is 0 Å². The Morgan fingerprint density at radius 1 is 0.889 bits per heavy atom. The highest BCUT2D eigenvalue weighted by Gasteiger charge is 2.30. The first-order valence-corrected chi connectivity index (χ1v) is 12.5. The molecule has 0 saturated carbocycles. The van der Waals surface area contributed by atoms with Crippen LogP contribution in [0.5, 0.6) is 11.5 Å². The second-order valence-electron chi connectivity index (χ2n) is 8.92. The fourth-order valence-electron chi connectivity index (χ4n) is 4.63. The molecule has 6 nitrogen and oxygen atoms in total. The number of benzene rings is 3. The van der Waals surface area contributed by atoms with E-state index in [-0.39, 0.29) is 5.91 Å². The average molecular weight is 486 g/mol. The molecule has 0 aromatic heterocycles. The zero-order valence-electron chi connectivity index (χ0n) is 21.6. The maximum absolute atomic E-state index is 13.2. The quantitative estimate of drug-likeness (QED) is 0.314. The molecule has 0 fully saturated rings. The van der Waals surface area contributed by atoms with Crippen LogP contribution < -0.4 is 20.1 Å². The molecule has 0 bridgehead atoms. The van der Waals surface area contributed by atoms with Crippen LogP contribution in [-0.2, 0) is 11.3 Å². The molecular formula is C30H35N3O3. The molecular weight excluding hydrogens is 450 g/mol. The number of hydrogen-bond donors (Lipinski definition) is 2. The highest BCUT2D eigenvalue weighted by atomic mass is 16.5. The average Bonchev–Trinajstić information content (AvgIpc) is 3.22. The van der Waals surface area contributed by atoms with Crippen LogP contribution in [0, 0.1) is 0 Å². The third kappa shape index (κ3) is 5.55. The first-order chi connectivity index (χ1) is 17.6. The molecule has 0 radical (unpaired) electrons. The molecule has 3 aromatic carbocycles. The Morgan fingerprint density at radius 2 is 1.53 bits per heavy atom. The van der Waals surface area contributed by atoms with Gasteiger partial charge in [0.2, 0.25) is 0 Å². The van der Waals surface area contributed by atoms with Crippen molar-refractivity contribution in [3.05, 3.63) is 83.4 Å². The lowest BCUT2D eigenvalue weighted by Gasteiger charge is -2.21. The molecule has 1 aliphatic rings. The van der Waals surface area contributed by atoms with Crippen molar-refractivity contribution in [2.45, 2.75) is 33.2 Å². The maximum atomic E-state index is 13.2. The molecule has 4 rings (SSSR count). The van der Waals surface area contributed by atoms with Crippen molar-refractivity contribution in [3.63, 3.8) is 0 Å². The fourth-order valence-corrected chi connectivity index (χ4v) is 4.63. The highest BCUT2D eigenvalue weighted by Crippen LogP contribution is 2.43. The van der Waals surface area contributed by atoms with E-state index in [0.29, 0.717) is 22.8 Å². The van der Waals surface area contributed by atoms with Crippen LogP contribution >= 0.6 is 0 Å². The van der Waals surface area contributed by atoms with Crippen molar-refractivity contribution < 1.29 is 14.3 Å². The Labute approximate surface area is 213 Å². The van der Waals surface area contributed by atoms with E-state index in [1.807, 2.05) is 36.4 Å². The summed E-state index contributed by atoms with van der Waals surface area (Å²) < 4.78 is 10.9. The zero-order valence-corrected chi connectivity index (χ0v) is 21.6. The Morgan fingerprint density at radius 3 is 2.14 bits per heavy atom. The van der Waals surface area contributed by atoms with Crippen molar-refractivity contribution >= 4 is 28.6 Å². The van der Waals surface area contributed by atoms with Crippen LogP contribution in [0.1, 0.15) is 43.4 Å². The number of hydrogen-bond acceptors (Lipinski definition) is 5. The summed E-state index contributed by atoms with van der Waals surface area (Å²) in [7, 11) is 3.18. The summed E-state index contributed by atoms with van der Waals surface area (Å²) in [5, 5.41) is 6.52. The van der Waals surface area contributed by atoms with E-state index in [1.165, 1.54) is 5.56 Å². The van der Waals surface area contributed by atoms with Gasteiger partial charge < -0.3 is 20.1 Å². The molecule has 1 heterocycles. The van der Waals surface area contributed by atoms with Gasteiger partial charge in [-0.05, 0) is 55.3 Å². The van der Waals surface area contributed by atoms with Gasteiger partial charge >= 0.3 is 0 Å². The number of nitrogens with one attached hydrogen (secondary N) is 2. The summed E-state index contributed by atoms with van der Waals surface area (Å²) in [5.74, 6) is 0.978. The molecule has 0 saturated heterocycles. The van der Waals surface area contributed by atoms with Crippen LogP contribution in [-0.4, -0.2) is 38.1 Å². The topological polar surface area (TPSA) is 62.8 Å². The predicted molar refractivity (Wildman–Crippen MR) is 147 cm³/mol. The maximum Gasteiger partial charge on any atom is 0.258 e. The summed E-state index contributed by atoms with van der Waals surface area (Å²) >= 11 is 0. The third-order valence-electron chi connectivity index (χ3n) is 6.29. The van der Waals surface area contributed by atoms with E-state index in [9.17, 15) is 4.79 Å². The molecule has 0 aliphatic carbocycles. The van der Waals surface area contributed by atoms with Gasteiger partial charge in [0.15, 0.2) is 11.5 Å². The zero-order chi connectivity index (χ0) is 25.5. The minimum Gasteiger partial charge on any atom is -0.493 e. The smallest absolute Gasteiger partial charge is 0.258 e. The predicted octanol–water partition coefficient (Wildman–Crippen LogP) is 6.26. The number of methoxy groups -OCH3 is 2. The fraction of sp³-hybridized carbons (Fsp3) is 0.300. The van der Waals surface area contributed by atoms with Gasteiger partial charge in [-0.2, -0.15) is 0 Å². The minimum atomic E-state index is -0.168. The van der Waals surface area contributed by atoms with Gasteiger partial charge in [-0.3, -0.25) is 9.69 Å². The van der Waals surface area contributed by atoms with Crippen molar-refractivity contribution in [1.29, 1.82) is 0 Å². The van der Waals surface area contributed by atoms with Crippen LogP contribution in [0.4, 0.5) is 11.4 Å². The number of rotatable bonds is 11. The number of amides is 1. The molecule has 6 heteroatoms. The van der Waals surface area contributed by atoms with Gasteiger partial charge in [0.1, 0.15) is 0 Å². The van der Waals surface area contributed by atoms with Crippen molar-refractivity contribution in [1.82, 2.24) is 4.90 Å². The van der Waals surface area contributed by atoms with Crippen LogP contribution in [0.25, 0.3) is 11.3 Å². The van der Waals surface area contributed by atoms with Crippen LogP contribution in [0.3, 0.4) is 0 Å². The Balaban J connectivity index is 1.71. The number of nitrogens with zero attached hydrogens (tertiary/aromatic N) is 1. The van der Waals surface area contributed by atoms with Gasteiger partial charge in [0.05, 0.1) is 31.2 Å². The van der Waals surface area contributed by atoms with E-state index in [4.69, 9.17) is 9.47 Å². The molecule has 0 atom stereocenters. The minimum absolute atomic E-state index is 0.168. The van der Waals surface area contributed by atoms with E-state index in [2.05, 4.69) is 53.6 Å². The van der Waals surface area contributed by atoms with Crippen LogP contribution in [0.2, 0.25) is 0 Å². The molecule has 36 heavy (non-hydrogen) atoms. The second kappa shape index (κ2) is 11.8. The molecule has 0 spiro atoms. The van der Waals surface area contributed by atoms with E-state index in [0.717, 1.165) is 55.0 Å². The van der Waals surface area contributed by atoms with Crippen molar-refractivity contribution in [2.24, 2.45) is 0 Å². The first-order valence-electron chi connectivity index (χ1n) is 12.5. The molecule has 2 N–H and O–H groups in total. The number of fused-ring (bicyclic) bond motifs is 1. The standard InChI is InChI=1S/C30H35N3O3/c1-5-16-33(17-6-2)20-21-12-14-23(15-13-21)31-29(22-10-8-7-9-11-22)28-24-18-26(35-3)27(36-4)19-25(24)32-30(28)34/h7-15,18-19,31H,5-6,16-17,20H2,1-4H3,(H,32,34). The SMILES string of the molecule is CCCN(CCC)Cc1ccc(NC(=C2C(=O)Nc3cc(OC)c(OC)cc32)c2ccccc2)cc1. The summed E-state index contributed by atoms with van der Waals surface area (Å²) in [6.07, 6.45) is 2.29. The number of carbonyl (C=O) groups is 1. The number of anilines is 2. The third-order valence-corrected chi connectivity index (χ3v) is 6.29. The van der Waals surface area contributed by atoms with Gasteiger partial charge in [-0.15, -0.1) is 0 Å². The Bertz CT molecular complexity index is 1210. The van der Waals surface area contributed by atoms with E-state index in [1.54, 1.807) is 20.3 Å². The van der Waals surface area contributed by atoms with Crippen molar-refractivity contribution in [3.8, 4) is 11.5 Å².